The van der Waals surface area contributed by atoms with Gasteiger partial charge >= 0.3 is 35.0 Å². The average molecular weight is 341 g/mol. The lowest BCUT2D eigenvalue weighted by Gasteiger charge is -2.24. The maximum Gasteiger partial charge on any atom is 0.317 e. The maximum absolute atomic E-state index is 11.3. The molecule has 5 heteroatoms. The molecule has 0 aliphatic heterocycles. The van der Waals surface area contributed by atoms with Crippen LogP contribution in [0.4, 0.5) is 0 Å². The minimum atomic E-state index is -1.14. The number of aliphatic carboxylic acids is 1. The normalized spacial score (nSPS) is 10.9. The highest BCUT2D eigenvalue weighted by molar-refractivity contribution is 5.90. The molecule has 0 rings (SSSR count). The van der Waals surface area contributed by atoms with Gasteiger partial charge in [-0.25, -0.2) is 0 Å². The first-order valence-electron chi connectivity index (χ1n) is 8.81. The topological polar surface area (TPSA) is 63.6 Å². The highest BCUT2D eigenvalue weighted by atomic mass is 24.3. The SMILES string of the molecule is CCCCCCCCCCCCC(C)(C)OC(=O)CC(=O)O.[MgH2]. The van der Waals surface area contributed by atoms with Gasteiger partial charge in [-0.3, -0.25) is 9.59 Å². The van der Waals surface area contributed by atoms with E-state index >= 15 is 0 Å². The summed E-state index contributed by atoms with van der Waals surface area (Å²) in [7, 11) is 0. The zero-order chi connectivity index (χ0) is 16.8. The van der Waals surface area contributed by atoms with Crippen LogP contribution in [0.3, 0.4) is 0 Å². The Hall–Kier alpha value is -0.294. The van der Waals surface area contributed by atoms with Crippen molar-refractivity contribution in [1.29, 1.82) is 0 Å². The lowest BCUT2D eigenvalue weighted by atomic mass is 9.99. The smallest absolute Gasteiger partial charge is 0.317 e. The number of rotatable bonds is 14. The third-order valence-electron chi connectivity index (χ3n) is 3.82. The van der Waals surface area contributed by atoms with Gasteiger partial charge in [0.1, 0.15) is 12.0 Å². The molecule has 0 atom stereocenters. The van der Waals surface area contributed by atoms with Crippen molar-refractivity contribution in [1.82, 2.24) is 0 Å². The van der Waals surface area contributed by atoms with Crippen molar-refractivity contribution >= 4 is 35.0 Å². The quantitative estimate of drug-likeness (QED) is 0.223. The van der Waals surface area contributed by atoms with Crippen LogP contribution in [0, 0.1) is 0 Å². The van der Waals surface area contributed by atoms with Gasteiger partial charge in [-0.15, -0.1) is 0 Å². The second kappa shape index (κ2) is 15.2. The molecule has 134 valence electrons. The highest BCUT2D eigenvalue weighted by Gasteiger charge is 2.23. The molecular weight excluding hydrogens is 304 g/mol. The van der Waals surface area contributed by atoms with Crippen LogP contribution in [0.15, 0.2) is 0 Å². The van der Waals surface area contributed by atoms with Gasteiger partial charge in [0, 0.05) is 0 Å². The van der Waals surface area contributed by atoms with Crippen molar-refractivity contribution in [2.24, 2.45) is 0 Å². The molecule has 4 nitrogen and oxygen atoms in total. The van der Waals surface area contributed by atoms with Crippen LogP contribution < -0.4 is 0 Å². The van der Waals surface area contributed by atoms with Crippen molar-refractivity contribution in [3.63, 3.8) is 0 Å². The zero-order valence-electron chi connectivity index (χ0n) is 14.7. The minimum Gasteiger partial charge on any atom is -0.481 e. The van der Waals surface area contributed by atoms with Crippen LogP contribution in [-0.2, 0) is 14.3 Å². The summed E-state index contributed by atoms with van der Waals surface area (Å²) in [6.07, 6.45) is 13.0. The number of carboxylic acid groups (broad SMARTS) is 1. The molecule has 0 unspecified atom stereocenters. The summed E-state index contributed by atoms with van der Waals surface area (Å²) in [5, 5.41) is 8.54. The van der Waals surface area contributed by atoms with Crippen molar-refractivity contribution in [2.75, 3.05) is 0 Å². The summed E-state index contributed by atoms with van der Waals surface area (Å²) in [4.78, 5) is 21.8. The fraction of sp³-hybridized carbons (Fsp3) is 0.889. The first-order chi connectivity index (χ1) is 10.4. The third kappa shape index (κ3) is 17.9. The van der Waals surface area contributed by atoms with Crippen LogP contribution in [0.5, 0.6) is 0 Å². The molecule has 0 radical (unpaired) electrons. The predicted molar refractivity (Wildman–Crippen MR) is 97.4 cm³/mol. The monoisotopic (exact) mass is 340 g/mol. The summed E-state index contributed by atoms with van der Waals surface area (Å²) in [6, 6.07) is 0. The van der Waals surface area contributed by atoms with E-state index in [1.54, 1.807) is 0 Å². The van der Waals surface area contributed by atoms with Crippen molar-refractivity contribution in [2.45, 2.75) is 103 Å². The number of ether oxygens (including phenoxy) is 1. The second-order valence-corrected chi connectivity index (χ2v) is 6.74. The molecule has 0 aliphatic carbocycles. The first-order valence-corrected chi connectivity index (χ1v) is 8.81. The summed E-state index contributed by atoms with van der Waals surface area (Å²) < 4.78 is 5.21. The molecule has 0 spiro atoms. The number of carbonyl (C=O) groups excluding carboxylic acids is 1. The number of unbranched alkanes of at least 4 members (excludes halogenated alkanes) is 9. The lowest BCUT2D eigenvalue weighted by Crippen LogP contribution is -2.29. The zero-order valence-corrected chi connectivity index (χ0v) is 14.7. The largest absolute Gasteiger partial charge is 0.481 e. The Labute approximate surface area is 157 Å². The van der Waals surface area contributed by atoms with E-state index in [0.29, 0.717) is 0 Å². The summed E-state index contributed by atoms with van der Waals surface area (Å²) in [5.41, 5.74) is -0.563. The molecule has 0 aromatic carbocycles. The van der Waals surface area contributed by atoms with Gasteiger partial charge < -0.3 is 9.84 Å². The highest BCUT2D eigenvalue weighted by Crippen LogP contribution is 2.20. The van der Waals surface area contributed by atoms with E-state index in [1.165, 1.54) is 51.4 Å². The second-order valence-electron chi connectivity index (χ2n) is 6.74. The molecule has 0 aliphatic rings. The summed E-state index contributed by atoms with van der Waals surface area (Å²) >= 11 is 0. The lowest BCUT2D eigenvalue weighted by molar-refractivity contribution is -0.161. The van der Waals surface area contributed by atoms with E-state index in [9.17, 15) is 9.59 Å². The number of esters is 1. The maximum atomic E-state index is 11.3. The third-order valence-corrected chi connectivity index (χ3v) is 3.82. The molecule has 0 aromatic rings. The molecular formula is C18H36MgO4. The fourth-order valence-corrected chi connectivity index (χ4v) is 2.56. The first kappa shape index (κ1) is 25.0. The molecule has 1 N–H and O–H groups in total. The fourth-order valence-electron chi connectivity index (χ4n) is 2.56. The average Bonchev–Trinajstić information content (AvgIpc) is 2.39. The molecule has 0 saturated heterocycles. The van der Waals surface area contributed by atoms with Crippen molar-refractivity contribution in [3.05, 3.63) is 0 Å². The van der Waals surface area contributed by atoms with Crippen molar-refractivity contribution < 1.29 is 19.4 Å². The predicted octanol–water partition coefficient (Wildman–Crippen LogP) is 4.18. The molecule has 0 aromatic heterocycles. The summed E-state index contributed by atoms with van der Waals surface area (Å²) in [5.74, 6) is -1.79. The number of carbonyl (C=O) groups is 2. The Morgan fingerprint density at radius 3 is 1.74 bits per heavy atom. The number of carboxylic acids is 1. The van der Waals surface area contributed by atoms with E-state index in [-0.39, 0.29) is 23.1 Å². The van der Waals surface area contributed by atoms with Crippen LogP contribution in [0.25, 0.3) is 0 Å². The van der Waals surface area contributed by atoms with Crippen LogP contribution >= 0.6 is 0 Å². The number of hydrogen-bond acceptors (Lipinski definition) is 3. The van der Waals surface area contributed by atoms with Crippen LogP contribution in [0.1, 0.15) is 97.8 Å². The molecule has 0 bridgehead atoms. The minimum absolute atomic E-state index is 0. The molecule has 0 heterocycles. The van der Waals surface area contributed by atoms with Gasteiger partial charge in [0.15, 0.2) is 0 Å². The standard InChI is InChI=1S/C18H34O4.Mg.2H/c1-4-5-6-7-8-9-10-11-12-13-14-18(2,3)22-17(21)15-16(19)20;;;/h4-15H2,1-3H3,(H,19,20);;;. The Kier molecular flexibility index (Phi) is 16.5. The van der Waals surface area contributed by atoms with Crippen LogP contribution in [0.2, 0.25) is 0 Å². The molecule has 0 saturated carbocycles. The molecule has 0 amide bonds. The molecule has 23 heavy (non-hydrogen) atoms. The number of hydrogen-bond donors (Lipinski definition) is 1. The van der Waals surface area contributed by atoms with Gasteiger partial charge in [0.25, 0.3) is 0 Å². The van der Waals surface area contributed by atoms with E-state index in [0.717, 1.165) is 19.3 Å². The van der Waals surface area contributed by atoms with E-state index in [1.807, 2.05) is 13.8 Å². The van der Waals surface area contributed by atoms with E-state index in [2.05, 4.69) is 6.92 Å². The van der Waals surface area contributed by atoms with E-state index in [4.69, 9.17) is 9.84 Å². The Morgan fingerprint density at radius 1 is 0.870 bits per heavy atom. The van der Waals surface area contributed by atoms with Gasteiger partial charge in [-0.05, 0) is 26.7 Å². The van der Waals surface area contributed by atoms with E-state index < -0.39 is 24.0 Å². The van der Waals surface area contributed by atoms with Crippen molar-refractivity contribution in [3.8, 4) is 0 Å². The molecule has 0 fully saturated rings. The van der Waals surface area contributed by atoms with Gasteiger partial charge in [-0.2, -0.15) is 0 Å². The Bertz CT molecular complexity index is 316. The van der Waals surface area contributed by atoms with Gasteiger partial charge in [-0.1, -0.05) is 64.7 Å². The van der Waals surface area contributed by atoms with Crippen LogP contribution in [-0.4, -0.2) is 45.7 Å². The van der Waals surface area contributed by atoms with Gasteiger partial charge in [0.2, 0.25) is 0 Å². The Balaban J connectivity index is 0. The summed E-state index contributed by atoms with van der Waals surface area (Å²) in [6.45, 7) is 5.93. The Morgan fingerprint density at radius 2 is 1.30 bits per heavy atom. The van der Waals surface area contributed by atoms with Gasteiger partial charge in [0.05, 0.1) is 0 Å².